The van der Waals surface area contributed by atoms with Gasteiger partial charge in [-0.15, -0.1) is 0 Å². The second-order valence-electron chi connectivity index (χ2n) is 7.06. The van der Waals surface area contributed by atoms with Gasteiger partial charge in [-0.05, 0) is 51.4 Å². The summed E-state index contributed by atoms with van der Waals surface area (Å²) in [6.07, 6.45) is 0.823. The number of rotatable bonds is 3. The maximum absolute atomic E-state index is 12.1. The molecule has 0 aromatic heterocycles. The maximum Gasteiger partial charge on any atom is 0.336 e. The van der Waals surface area contributed by atoms with E-state index in [2.05, 4.69) is 36.4 Å². The first kappa shape index (κ1) is 16.5. The zero-order valence-electron chi connectivity index (χ0n) is 15.2. The van der Waals surface area contributed by atoms with Gasteiger partial charge in [-0.2, -0.15) is 0 Å². The first-order chi connectivity index (χ1) is 13.7. The largest absolute Gasteiger partial charge is 0.478 e. The molecular formula is C26H18O2. The van der Waals surface area contributed by atoms with Gasteiger partial charge in [0.2, 0.25) is 0 Å². The van der Waals surface area contributed by atoms with Gasteiger partial charge in [0, 0.05) is 5.56 Å². The van der Waals surface area contributed by atoms with Gasteiger partial charge in [0.1, 0.15) is 0 Å². The van der Waals surface area contributed by atoms with Crippen molar-refractivity contribution in [1.82, 2.24) is 0 Å². The third kappa shape index (κ3) is 2.54. The summed E-state index contributed by atoms with van der Waals surface area (Å²) in [7, 11) is 0. The van der Waals surface area contributed by atoms with Crippen LogP contribution in [0.15, 0.2) is 91.0 Å². The molecule has 1 N–H and O–H groups in total. The molecule has 0 saturated carbocycles. The van der Waals surface area contributed by atoms with Crippen molar-refractivity contribution < 1.29 is 9.90 Å². The first-order valence-corrected chi connectivity index (χ1v) is 9.36. The molecule has 0 saturated heterocycles. The van der Waals surface area contributed by atoms with E-state index in [1.807, 2.05) is 48.5 Å². The molecule has 134 valence electrons. The number of fused-ring (bicyclic) bond motifs is 3. The van der Waals surface area contributed by atoms with E-state index in [0.717, 1.165) is 28.7 Å². The standard InChI is InChI=1S/C26H18O2/c27-26(28)23-15-6-12-20(17-8-2-1-3-9-17)25(23)22-14-7-13-21-19-11-5-4-10-18(19)16-24(21)22/h1-15H,16H2,(H,27,28). The van der Waals surface area contributed by atoms with Crippen molar-refractivity contribution in [3.05, 3.63) is 108 Å². The van der Waals surface area contributed by atoms with Crippen LogP contribution in [0.5, 0.6) is 0 Å². The van der Waals surface area contributed by atoms with Crippen LogP contribution >= 0.6 is 0 Å². The van der Waals surface area contributed by atoms with E-state index < -0.39 is 5.97 Å². The smallest absolute Gasteiger partial charge is 0.336 e. The first-order valence-electron chi connectivity index (χ1n) is 9.36. The van der Waals surface area contributed by atoms with Crippen LogP contribution in [-0.4, -0.2) is 11.1 Å². The molecule has 0 amide bonds. The van der Waals surface area contributed by atoms with Crippen molar-refractivity contribution in [2.24, 2.45) is 0 Å². The van der Waals surface area contributed by atoms with Crippen molar-refractivity contribution >= 4 is 5.97 Å². The fourth-order valence-corrected chi connectivity index (χ4v) is 4.27. The van der Waals surface area contributed by atoms with Gasteiger partial charge < -0.3 is 5.11 Å². The molecule has 2 heteroatoms. The van der Waals surface area contributed by atoms with Crippen LogP contribution in [-0.2, 0) is 6.42 Å². The second kappa shape index (κ2) is 6.50. The second-order valence-corrected chi connectivity index (χ2v) is 7.06. The van der Waals surface area contributed by atoms with Crippen molar-refractivity contribution in [2.75, 3.05) is 0 Å². The van der Waals surface area contributed by atoms with Crippen LogP contribution in [0.25, 0.3) is 33.4 Å². The van der Waals surface area contributed by atoms with Gasteiger partial charge in [0.15, 0.2) is 0 Å². The normalized spacial score (nSPS) is 11.7. The quantitative estimate of drug-likeness (QED) is 0.409. The van der Waals surface area contributed by atoms with E-state index >= 15 is 0 Å². The minimum Gasteiger partial charge on any atom is -0.478 e. The Morgan fingerprint density at radius 2 is 1.29 bits per heavy atom. The van der Waals surface area contributed by atoms with Gasteiger partial charge in [0.25, 0.3) is 0 Å². The van der Waals surface area contributed by atoms with Crippen LogP contribution in [0.3, 0.4) is 0 Å². The molecule has 0 atom stereocenters. The van der Waals surface area contributed by atoms with Crippen molar-refractivity contribution in [3.63, 3.8) is 0 Å². The number of carbonyl (C=O) groups is 1. The third-order valence-electron chi connectivity index (χ3n) is 5.50. The Morgan fingerprint density at radius 3 is 2.11 bits per heavy atom. The van der Waals surface area contributed by atoms with Crippen LogP contribution < -0.4 is 0 Å². The lowest BCUT2D eigenvalue weighted by Crippen LogP contribution is -2.03. The van der Waals surface area contributed by atoms with E-state index in [1.54, 1.807) is 6.07 Å². The fourth-order valence-electron chi connectivity index (χ4n) is 4.27. The summed E-state index contributed by atoms with van der Waals surface area (Å²) < 4.78 is 0. The Kier molecular flexibility index (Phi) is 3.84. The number of benzene rings is 4. The summed E-state index contributed by atoms with van der Waals surface area (Å²) in [4.78, 5) is 12.1. The summed E-state index contributed by atoms with van der Waals surface area (Å²) in [5.74, 6) is -0.902. The molecule has 1 aliphatic rings. The number of hydrogen-bond acceptors (Lipinski definition) is 1. The van der Waals surface area contributed by atoms with Gasteiger partial charge in [-0.25, -0.2) is 4.79 Å². The molecule has 0 fully saturated rings. The van der Waals surface area contributed by atoms with E-state index in [4.69, 9.17) is 0 Å². The van der Waals surface area contributed by atoms with Crippen LogP contribution in [0.2, 0.25) is 0 Å². The molecule has 0 aliphatic heterocycles. The molecule has 5 rings (SSSR count). The van der Waals surface area contributed by atoms with E-state index in [0.29, 0.717) is 5.56 Å². The zero-order chi connectivity index (χ0) is 19.1. The average molecular weight is 362 g/mol. The zero-order valence-corrected chi connectivity index (χ0v) is 15.2. The number of aromatic carboxylic acids is 1. The van der Waals surface area contributed by atoms with Crippen molar-refractivity contribution in [1.29, 1.82) is 0 Å². The SMILES string of the molecule is O=C(O)c1cccc(-c2ccccc2)c1-c1cccc2c1Cc1ccccc1-2. The predicted octanol–water partition coefficient (Wildman–Crippen LogP) is 6.29. The molecule has 0 radical (unpaired) electrons. The number of hydrogen-bond donors (Lipinski definition) is 1. The Morgan fingerprint density at radius 1 is 0.643 bits per heavy atom. The molecule has 28 heavy (non-hydrogen) atoms. The van der Waals surface area contributed by atoms with Crippen molar-refractivity contribution in [3.8, 4) is 33.4 Å². The Labute approximate surface area is 163 Å². The minimum atomic E-state index is -0.902. The molecule has 0 spiro atoms. The van der Waals surface area contributed by atoms with Crippen LogP contribution in [0.4, 0.5) is 0 Å². The molecule has 0 unspecified atom stereocenters. The maximum atomic E-state index is 12.1. The summed E-state index contributed by atoms with van der Waals surface area (Å²) in [6, 6.07) is 30.2. The lowest BCUT2D eigenvalue weighted by Gasteiger charge is -2.16. The highest BCUT2D eigenvalue weighted by atomic mass is 16.4. The Bertz CT molecular complexity index is 1210. The number of carboxylic acid groups (broad SMARTS) is 1. The lowest BCUT2D eigenvalue weighted by atomic mass is 9.87. The molecule has 2 nitrogen and oxygen atoms in total. The highest BCUT2D eigenvalue weighted by molar-refractivity contribution is 6.03. The minimum absolute atomic E-state index is 0.339. The van der Waals surface area contributed by atoms with Gasteiger partial charge in [-0.1, -0.05) is 84.9 Å². The van der Waals surface area contributed by atoms with Gasteiger partial charge in [-0.3, -0.25) is 0 Å². The van der Waals surface area contributed by atoms with Gasteiger partial charge in [0.05, 0.1) is 5.56 Å². The summed E-state index contributed by atoms with van der Waals surface area (Å²) in [5, 5.41) is 9.92. The Balaban J connectivity index is 1.81. The third-order valence-corrected chi connectivity index (χ3v) is 5.50. The fraction of sp³-hybridized carbons (Fsp3) is 0.0385. The lowest BCUT2D eigenvalue weighted by molar-refractivity contribution is 0.0698. The summed E-state index contributed by atoms with van der Waals surface area (Å²) >= 11 is 0. The van der Waals surface area contributed by atoms with Crippen LogP contribution in [0, 0.1) is 0 Å². The molecular weight excluding hydrogens is 344 g/mol. The molecule has 4 aromatic rings. The predicted molar refractivity (Wildman–Crippen MR) is 113 cm³/mol. The van der Waals surface area contributed by atoms with Crippen molar-refractivity contribution in [2.45, 2.75) is 6.42 Å². The summed E-state index contributed by atoms with van der Waals surface area (Å²) in [6.45, 7) is 0. The molecule has 4 aromatic carbocycles. The number of carboxylic acids is 1. The Hall–Kier alpha value is -3.65. The van der Waals surface area contributed by atoms with E-state index in [1.165, 1.54) is 22.3 Å². The average Bonchev–Trinajstić information content (AvgIpc) is 3.13. The van der Waals surface area contributed by atoms with E-state index in [9.17, 15) is 9.90 Å². The van der Waals surface area contributed by atoms with E-state index in [-0.39, 0.29) is 0 Å². The molecule has 0 heterocycles. The topological polar surface area (TPSA) is 37.3 Å². The van der Waals surface area contributed by atoms with Crippen LogP contribution in [0.1, 0.15) is 21.5 Å². The highest BCUT2D eigenvalue weighted by Gasteiger charge is 2.25. The highest BCUT2D eigenvalue weighted by Crippen LogP contribution is 2.44. The monoisotopic (exact) mass is 362 g/mol. The molecule has 0 bridgehead atoms. The summed E-state index contributed by atoms with van der Waals surface area (Å²) in [5.41, 5.74) is 9.05. The van der Waals surface area contributed by atoms with Gasteiger partial charge >= 0.3 is 5.97 Å². The molecule has 1 aliphatic carbocycles.